The number of carbonyl (C=O) groups is 1. The van der Waals surface area contributed by atoms with E-state index in [-0.39, 0.29) is 24.6 Å². The molecule has 2 aromatic rings. The van der Waals surface area contributed by atoms with E-state index in [1.165, 1.54) is 16.4 Å². The van der Waals surface area contributed by atoms with Crippen molar-refractivity contribution in [1.29, 1.82) is 0 Å². The number of amides is 1. The molecular formula is C20H25N3O5S. The zero-order valence-corrected chi connectivity index (χ0v) is 17.7. The number of nitrogens with one attached hydrogen (secondary N) is 1. The van der Waals surface area contributed by atoms with E-state index in [2.05, 4.69) is 5.32 Å². The van der Waals surface area contributed by atoms with Crippen LogP contribution in [0.5, 0.6) is 0 Å². The smallest absolute Gasteiger partial charge is 0.274 e. The van der Waals surface area contributed by atoms with Gasteiger partial charge in [0.1, 0.15) is 0 Å². The maximum Gasteiger partial charge on any atom is 0.274 e. The van der Waals surface area contributed by atoms with Crippen LogP contribution in [0.2, 0.25) is 0 Å². The summed E-state index contributed by atoms with van der Waals surface area (Å²) in [5.41, 5.74) is 3.15. The normalized spacial score (nSPS) is 11.2. The molecule has 0 radical (unpaired) electrons. The van der Waals surface area contributed by atoms with Crippen LogP contribution in [0.3, 0.4) is 0 Å². The molecule has 0 aliphatic rings. The Hall–Kier alpha value is -2.94. The summed E-state index contributed by atoms with van der Waals surface area (Å²) in [5.74, 6) is -0.331. The van der Waals surface area contributed by atoms with Crippen LogP contribution in [0.25, 0.3) is 0 Å². The average Bonchev–Trinajstić information content (AvgIpc) is 2.58. The number of nitro groups is 1. The van der Waals surface area contributed by atoms with Crippen LogP contribution in [0.4, 0.5) is 17.1 Å². The van der Waals surface area contributed by atoms with E-state index in [1.807, 2.05) is 19.9 Å². The Kier molecular flexibility index (Phi) is 6.97. The summed E-state index contributed by atoms with van der Waals surface area (Å²) in [6.07, 6.45) is 1.52. The van der Waals surface area contributed by atoms with E-state index in [4.69, 9.17) is 0 Å². The van der Waals surface area contributed by atoms with Gasteiger partial charge in [-0.25, -0.2) is 8.42 Å². The lowest BCUT2D eigenvalue weighted by molar-refractivity contribution is -0.385. The van der Waals surface area contributed by atoms with Gasteiger partial charge in [-0.15, -0.1) is 0 Å². The molecule has 2 rings (SSSR count). The molecule has 9 heteroatoms. The highest BCUT2D eigenvalue weighted by Gasteiger charge is 2.19. The van der Waals surface area contributed by atoms with E-state index in [1.54, 1.807) is 25.1 Å². The minimum Gasteiger partial charge on any atom is -0.326 e. The number of anilines is 2. The van der Waals surface area contributed by atoms with Crippen LogP contribution >= 0.6 is 0 Å². The minimum absolute atomic E-state index is 0.0686. The Morgan fingerprint density at radius 2 is 1.76 bits per heavy atom. The maximum atomic E-state index is 12.3. The molecule has 0 aromatic heterocycles. The van der Waals surface area contributed by atoms with Crippen LogP contribution in [0, 0.1) is 30.9 Å². The number of nitrogens with zero attached hydrogens (tertiary/aromatic N) is 2. The lowest BCUT2D eigenvalue weighted by atomic mass is 10.1. The molecule has 1 amide bonds. The van der Waals surface area contributed by atoms with E-state index >= 15 is 0 Å². The van der Waals surface area contributed by atoms with E-state index in [9.17, 15) is 23.3 Å². The van der Waals surface area contributed by atoms with Crippen LogP contribution in [0.15, 0.2) is 36.4 Å². The zero-order chi connectivity index (χ0) is 21.8. The van der Waals surface area contributed by atoms with Gasteiger partial charge in [-0.2, -0.15) is 0 Å². The SMILES string of the molecule is Cc1cc(C)cc(N(CCCC(=O)Nc2cccc([N+](=O)[O-])c2C)S(C)(=O)=O)c1. The first-order chi connectivity index (χ1) is 13.5. The Balaban J connectivity index is 2.06. The van der Waals surface area contributed by atoms with Crippen molar-refractivity contribution in [1.82, 2.24) is 0 Å². The highest BCUT2D eigenvalue weighted by molar-refractivity contribution is 7.92. The van der Waals surface area contributed by atoms with Crippen molar-refractivity contribution in [3.8, 4) is 0 Å². The number of carbonyl (C=O) groups excluding carboxylic acids is 1. The maximum absolute atomic E-state index is 12.3. The van der Waals surface area contributed by atoms with Crippen molar-refractivity contribution >= 4 is 33.0 Å². The molecule has 0 atom stereocenters. The quantitative estimate of drug-likeness (QED) is 0.518. The number of sulfonamides is 1. The summed E-state index contributed by atoms with van der Waals surface area (Å²) in [6.45, 7) is 5.51. The van der Waals surface area contributed by atoms with Gasteiger partial charge in [-0.1, -0.05) is 12.1 Å². The molecule has 0 aliphatic carbocycles. The molecule has 0 heterocycles. The number of rotatable bonds is 8. The molecule has 1 N–H and O–H groups in total. The van der Waals surface area contributed by atoms with Crippen LogP contribution in [-0.4, -0.2) is 32.0 Å². The molecular weight excluding hydrogens is 394 g/mol. The van der Waals surface area contributed by atoms with Crippen LogP contribution in [0.1, 0.15) is 29.5 Å². The first-order valence-corrected chi connectivity index (χ1v) is 10.9. The molecule has 0 saturated carbocycles. The zero-order valence-electron chi connectivity index (χ0n) is 16.9. The monoisotopic (exact) mass is 419 g/mol. The van der Waals surface area contributed by atoms with E-state index < -0.39 is 14.9 Å². The van der Waals surface area contributed by atoms with Gasteiger partial charge in [0, 0.05) is 19.0 Å². The largest absolute Gasteiger partial charge is 0.326 e. The van der Waals surface area contributed by atoms with Gasteiger partial charge in [-0.3, -0.25) is 19.2 Å². The molecule has 0 spiro atoms. The Labute approximate surface area is 170 Å². The lowest BCUT2D eigenvalue weighted by Crippen LogP contribution is -2.31. The fraction of sp³-hybridized carbons (Fsp3) is 0.350. The predicted molar refractivity (Wildman–Crippen MR) is 114 cm³/mol. The Morgan fingerprint density at radius 1 is 1.14 bits per heavy atom. The Morgan fingerprint density at radius 3 is 2.31 bits per heavy atom. The van der Waals surface area contributed by atoms with E-state index in [0.29, 0.717) is 23.4 Å². The molecule has 0 aliphatic heterocycles. The average molecular weight is 420 g/mol. The number of nitro benzene ring substituents is 1. The highest BCUT2D eigenvalue weighted by Crippen LogP contribution is 2.25. The summed E-state index contributed by atoms with van der Waals surface area (Å²) < 4.78 is 25.7. The first kappa shape index (κ1) is 22.4. The third kappa shape index (κ3) is 6.02. The van der Waals surface area contributed by atoms with Crippen LogP contribution < -0.4 is 9.62 Å². The summed E-state index contributed by atoms with van der Waals surface area (Å²) in [6, 6.07) is 10.0. The molecule has 8 nitrogen and oxygen atoms in total. The number of hydrogen-bond donors (Lipinski definition) is 1. The van der Waals surface area contributed by atoms with Crippen molar-refractivity contribution in [2.45, 2.75) is 33.6 Å². The summed E-state index contributed by atoms with van der Waals surface area (Å²) in [4.78, 5) is 22.8. The summed E-state index contributed by atoms with van der Waals surface area (Å²) >= 11 is 0. The third-order valence-electron chi connectivity index (χ3n) is 4.44. The van der Waals surface area contributed by atoms with Crippen molar-refractivity contribution in [2.24, 2.45) is 0 Å². The minimum atomic E-state index is -3.50. The Bertz CT molecular complexity index is 1010. The number of aryl methyl sites for hydroxylation is 2. The molecule has 0 unspecified atom stereocenters. The standard InChI is InChI=1S/C20H25N3O5S/c1-14-11-15(2)13-17(12-14)22(29(4,27)28)10-6-9-20(24)21-18-7-5-8-19(16(18)3)23(25)26/h5,7-8,11-13H,6,9-10H2,1-4H3,(H,21,24). The van der Waals surface area contributed by atoms with Crippen LogP contribution in [-0.2, 0) is 14.8 Å². The first-order valence-electron chi connectivity index (χ1n) is 9.09. The number of benzene rings is 2. The van der Waals surface area contributed by atoms with Gasteiger partial charge in [0.05, 0.1) is 28.1 Å². The van der Waals surface area contributed by atoms with Gasteiger partial charge < -0.3 is 5.32 Å². The van der Waals surface area contributed by atoms with Gasteiger partial charge in [0.15, 0.2) is 0 Å². The molecule has 0 fully saturated rings. The second-order valence-corrected chi connectivity index (χ2v) is 8.95. The second kappa shape index (κ2) is 9.04. The van der Waals surface area contributed by atoms with Crippen molar-refractivity contribution in [3.63, 3.8) is 0 Å². The third-order valence-corrected chi connectivity index (χ3v) is 5.63. The van der Waals surface area contributed by atoms with Crippen molar-refractivity contribution in [3.05, 3.63) is 63.2 Å². The van der Waals surface area contributed by atoms with Gasteiger partial charge in [0.2, 0.25) is 15.9 Å². The summed E-state index contributed by atoms with van der Waals surface area (Å²) in [5, 5.41) is 13.7. The van der Waals surface area contributed by atoms with Gasteiger partial charge in [0.25, 0.3) is 5.69 Å². The van der Waals surface area contributed by atoms with Crippen molar-refractivity contribution in [2.75, 3.05) is 22.4 Å². The summed E-state index contributed by atoms with van der Waals surface area (Å²) in [7, 11) is -3.50. The fourth-order valence-electron chi connectivity index (χ4n) is 3.13. The highest BCUT2D eigenvalue weighted by atomic mass is 32.2. The van der Waals surface area contributed by atoms with Crippen molar-refractivity contribution < 1.29 is 18.1 Å². The molecule has 29 heavy (non-hydrogen) atoms. The topological polar surface area (TPSA) is 110 Å². The lowest BCUT2D eigenvalue weighted by Gasteiger charge is -2.23. The van der Waals surface area contributed by atoms with Gasteiger partial charge in [-0.05, 0) is 56.5 Å². The molecule has 156 valence electrons. The number of hydrogen-bond acceptors (Lipinski definition) is 5. The molecule has 0 saturated heterocycles. The molecule has 0 bridgehead atoms. The predicted octanol–water partition coefficient (Wildman–Crippen LogP) is 3.70. The fourth-order valence-corrected chi connectivity index (χ4v) is 4.08. The van der Waals surface area contributed by atoms with Gasteiger partial charge >= 0.3 is 0 Å². The second-order valence-electron chi connectivity index (χ2n) is 7.04. The molecule has 2 aromatic carbocycles. The van der Waals surface area contributed by atoms with E-state index in [0.717, 1.165) is 17.4 Å².